The topological polar surface area (TPSA) is 117 Å². The summed E-state index contributed by atoms with van der Waals surface area (Å²) in [6.45, 7) is 6.43. The monoisotopic (exact) mass is 430 g/mol. The number of rotatable bonds is 7. The molecule has 1 aromatic rings. The summed E-state index contributed by atoms with van der Waals surface area (Å²) in [6, 6.07) is 6.85. The Morgan fingerprint density at radius 2 is 1.84 bits per heavy atom. The molecule has 2 fully saturated rings. The smallest absolute Gasteiger partial charge is 0.313 e. The van der Waals surface area contributed by atoms with Gasteiger partial charge in [0.05, 0.1) is 18.6 Å². The fourth-order valence-corrected chi connectivity index (χ4v) is 4.04. The molecular formula is C22H30N4O5. The van der Waals surface area contributed by atoms with Crippen LogP contribution in [-0.2, 0) is 29.3 Å². The second-order valence-electron chi connectivity index (χ2n) is 7.91. The van der Waals surface area contributed by atoms with Gasteiger partial charge >= 0.3 is 11.8 Å². The average Bonchev–Trinajstić information content (AvgIpc) is 2.78. The van der Waals surface area contributed by atoms with Gasteiger partial charge in [0.1, 0.15) is 0 Å². The molecule has 0 bridgehead atoms. The highest BCUT2D eigenvalue weighted by molar-refractivity contribution is 6.39. The highest BCUT2D eigenvalue weighted by atomic mass is 16.5. The lowest BCUT2D eigenvalue weighted by Gasteiger charge is -2.35. The van der Waals surface area contributed by atoms with Gasteiger partial charge in [-0.05, 0) is 43.5 Å². The zero-order valence-corrected chi connectivity index (χ0v) is 17.9. The standard InChI is InChI=1S/C22H30N4O5/c1-2-22(9-8-18(27)25-21(22)30)16-4-6-17(7-5-16)24-20(29)19(28)23-10-3-11-26-12-14-31-15-13-26/h4-7H,2-3,8-15H2,1H3,(H,23,28)(H,24,29)(H,25,27,30)/t22-/m1/s1. The van der Waals surface area contributed by atoms with Crippen LogP contribution >= 0.6 is 0 Å². The van der Waals surface area contributed by atoms with Gasteiger partial charge in [0.25, 0.3) is 0 Å². The zero-order valence-electron chi connectivity index (χ0n) is 17.9. The Morgan fingerprint density at radius 1 is 1.13 bits per heavy atom. The number of piperidine rings is 1. The molecule has 0 aromatic heterocycles. The van der Waals surface area contributed by atoms with Crippen molar-refractivity contribution in [1.82, 2.24) is 15.5 Å². The van der Waals surface area contributed by atoms with Crippen molar-refractivity contribution in [2.75, 3.05) is 44.7 Å². The van der Waals surface area contributed by atoms with Crippen LogP contribution in [0.15, 0.2) is 24.3 Å². The van der Waals surface area contributed by atoms with Gasteiger partial charge in [0.2, 0.25) is 11.8 Å². The molecule has 0 spiro atoms. The Balaban J connectivity index is 1.48. The van der Waals surface area contributed by atoms with Crippen LogP contribution in [0.3, 0.4) is 0 Å². The number of anilines is 1. The predicted octanol–water partition coefficient (Wildman–Crippen LogP) is 0.548. The van der Waals surface area contributed by atoms with E-state index in [-0.39, 0.29) is 11.8 Å². The number of benzene rings is 1. The summed E-state index contributed by atoms with van der Waals surface area (Å²) < 4.78 is 5.30. The number of nitrogens with zero attached hydrogens (tertiary/aromatic N) is 1. The highest BCUT2D eigenvalue weighted by Gasteiger charge is 2.42. The normalized spacial score (nSPS) is 22.0. The van der Waals surface area contributed by atoms with Crippen molar-refractivity contribution >= 4 is 29.3 Å². The first-order chi connectivity index (χ1) is 14.9. The maximum Gasteiger partial charge on any atom is 0.313 e. The molecule has 3 N–H and O–H groups in total. The van der Waals surface area contributed by atoms with Crippen LogP contribution in [0.5, 0.6) is 0 Å². The van der Waals surface area contributed by atoms with E-state index in [4.69, 9.17) is 4.74 Å². The van der Waals surface area contributed by atoms with E-state index in [1.807, 2.05) is 6.92 Å². The van der Waals surface area contributed by atoms with E-state index in [9.17, 15) is 19.2 Å². The lowest BCUT2D eigenvalue weighted by atomic mass is 9.72. The molecule has 2 saturated heterocycles. The molecule has 9 heteroatoms. The van der Waals surface area contributed by atoms with Gasteiger partial charge in [0.15, 0.2) is 0 Å². The van der Waals surface area contributed by atoms with Gasteiger partial charge < -0.3 is 15.4 Å². The molecule has 0 saturated carbocycles. The fourth-order valence-electron chi connectivity index (χ4n) is 4.04. The van der Waals surface area contributed by atoms with E-state index >= 15 is 0 Å². The summed E-state index contributed by atoms with van der Waals surface area (Å²) >= 11 is 0. The molecule has 2 aliphatic heterocycles. The van der Waals surface area contributed by atoms with Crippen LogP contribution in [0, 0.1) is 0 Å². The molecule has 0 unspecified atom stereocenters. The molecule has 168 valence electrons. The number of ether oxygens (including phenoxy) is 1. The van der Waals surface area contributed by atoms with E-state index in [0.717, 1.165) is 44.8 Å². The summed E-state index contributed by atoms with van der Waals surface area (Å²) in [5.74, 6) is -1.96. The van der Waals surface area contributed by atoms with E-state index < -0.39 is 17.2 Å². The molecule has 0 radical (unpaired) electrons. The van der Waals surface area contributed by atoms with E-state index in [1.165, 1.54) is 0 Å². The predicted molar refractivity (Wildman–Crippen MR) is 114 cm³/mol. The molecule has 0 aliphatic carbocycles. The number of nitrogens with one attached hydrogen (secondary N) is 3. The van der Waals surface area contributed by atoms with Crippen LogP contribution in [0.4, 0.5) is 5.69 Å². The lowest BCUT2D eigenvalue weighted by Crippen LogP contribution is -2.51. The van der Waals surface area contributed by atoms with Crippen molar-refractivity contribution in [3.05, 3.63) is 29.8 Å². The second-order valence-corrected chi connectivity index (χ2v) is 7.91. The number of carbonyl (C=O) groups excluding carboxylic acids is 4. The SMILES string of the molecule is CC[C@]1(c2ccc(NC(=O)C(=O)NCCCN3CCOCC3)cc2)CCC(=O)NC1=O. The summed E-state index contributed by atoms with van der Waals surface area (Å²) in [5, 5.41) is 7.63. The van der Waals surface area contributed by atoms with Crippen molar-refractivity contribution < 1.29 is 23.9 Å². The average molecular weight is 431 g/mol. The molecule has 2 aliphatic rings. The van der Waals surface area contributed by atoms with Crippen molar-refractivity contribution in [3.63, 3.8) is 0 Å². The van der Waals surface area contributed by atoms with Crippen molar-refractivity contribution in [3.8, 4) is 0 Å². The Kier molecular flexibility index (Phi) is 7.75. The third kappa shape index (κ3) is 5.68. The molecule has 4 amide bonds. The Morgan fingerprint density at radius 3 is 2.48 bits per heavy atom. The summed E-state index contributed by atoms with van der Waals surface area (Å²) in [7, 11) is 0. The molecule has 1 aromatic carbocycles. The van der Waals surface area contributed by atoms with E-state index in [2.05, 4.69) is 20.9 Å². The molecule has 3 rings (SSSR count). The van der Waals surface area contributed by atoms with Crippen LogP contribution in [-0.4, -0.2) is 67.9 Å². The van der Waals surface area contributed by atoms with Gasteiger partial charge in [-0.1, -0.05) is 19.1 Å². The lowest BCUT2D eigenvalue weighted by molar-refractivity contribution is -0.138. The highest BCUT2D eigenvalue weighted by Crippen LogP contribution is 2.36. The van der Waals surface area contributed by atoms with Crippen molar-refractivity contribution in [2.24, 2.45) is 0 Å². The molecular weight excluding hydrogens is 400 g/mol. The minimum Gasteiger partial charge on any atom is -0.379 e. The first-order valence-electron chi connectivity index (χ1n) is 10.8. The molecule has 2 heterocycles. The number of amides is 4. The van der Waals surface area contributed by atoms with Gasteiger partial charge in [-0.25, -0.2) is 0 Å². The molecule has 1 atom stereocenters. The quantitative estimate of drug-likeness (QED) is 0.330. The van der Waals surface area contributed by atoms with E-state index in [0.29, 0.717) is 31.5 Å². The van der Waals surface area contributed by atoms with Crippen LogP contribution in [0.25, 0.3) is 0 Å². The van der Waals surface area contributed by atoms with Gasteiger partial charge in [-0.3, -0.25) is 29.4 Å². The van der Waals surface area contributed by atoms with Crippen molar-refractivity contribution in [2.45, 2.75) is 38.0 Å². The number of carbonyl (C=O) groups is 4. The third-order valence-corrected chi connectivity index (χ3v) is 6.01. The largest absolute Gasteiger partial charge is 0.379 e. The minimum atomic E-state index is -0.756. The van der Waals surface area contributed by atoms with Gasteiger partial charge in [0, 0.05) is 31.7 Å². The number of hydrogen-bond donors (Lipinski definition) is 3. The fraction of sp³-hybridized carbons (Fsp3) is 0.545. The van der Waals surface area contributed by atoms with E-state index in [1.54, 1.807) is 24.3 Å². The Labute approximate surface area is 181 Å². The first kappa shape index (κ1) is 22.9. The van der Waals surface area contributed by atoms with Gasteiger partial charge in [-0.15, -0.1) is 0 Å². The van der Waals surface area contributed by atoms with Crippen LogP contribution < -0.4 is 16.0 Å². The number of hydrogen-bond acceptors (Lipinski definition) is 6. The first-order valence-corrected chi connectivity index (χ1v) is 10.8. The van der Waals surface area contributed by atoms with Crippen LogP contribution in [0.1, 0.15) is 38.2 Å². The minimum absolute atomic E-state index is 0.256. The third-order valence-electron chi connectivity index (χ3n) is 6.01. The summed E-state index contributed by atoms with van der Waals surface area (Å²) in [6.07, 6.45) is 2.07. The Bertz CT molecular complexity index is 820. The second kappa shape index (κ2) is 10.5. The van der Waals surface area contributed by atoms with Gasteiger partial charge in [-0.2, -0.15) is 0 Å². The molecule has 31 heavy (non-hydrogen) atoms. The molecule has 9 nitrogen and oxygen atoms in total. The zero-order chi connectivity index (χ0) is 22.3. The van der Waals surface area contributed by atoms with Crippen LogP contribution in [0.2, 0.25) is 0 Å². The maximum absolute atomic E-state index is 12.5. The maximum atomic E-state index is 12.5. The number of morpholine rings is 1. The summed E-state index contributed by atoms with van der Waals surface area (Å²) in [4.78, 5) is 50.4. The Hall–Kier alpha value is -2.78. The summed E-state index contributed by atoms with van der Waals surface area (Å²) in [5.41, 5.74) is 0.496. The van der Waals surface area contributed by atoms with Crippen molar-refractivity contribution in [1.29, 1.82) is 0 Å². The number of imide groups is 1.